The molecule has 5 aromatic rings. The number of hydrogen-bond acceptors (Lipinski definition) is 2. The number of aromatic nitrogens is 2. The molecular formula is C28H19ClN2. The van der Waals surface area contributed by atoms with Crippen LogP contribution in [0.5, 0.6) is 0 Å². The van der Waals surface area contributed by atoms with Crippen LogP contribution in [0.2, 0.25) is 5.15 Å². The van der Waals surface area contributed by atoms with Crippen molar-refractivity contribution in [2.75, 3.05) is 0 Å². The van der Waals surface area contributed by atoms with Crippen LogP contribution in [0.15, 0.2) is 115 Å². The number of rotatable bonds is 4. The van der Waals surface area contributed by atoms with E-state index in [1.54, 1.807) is 0 Å². The van der Waals surface area contributed by atoms with Crippen LogP contribution in [0.3, 0.4) is 0 Å². The van der Waals surface area contributed by atoms with E-state index in [9.17, 15) is 0 Å². The lowest BCUT2D eigenvalue weighted by atomic mass is 9.99. The second-order valence-corrected chi connectivity index (χ2v) is 7.68. The molecule has 2 heterocycles. The quantitative estimate of drug-likeness (QED) is 0.278. The molecule has 148 valence electrons. The summed E-state index contributed by atoms with van der Waals surface area (Å²) in [6.07, 6.45) is 0. The number of pyridine rings is 2. The van der Waals surface area contributed by atoms with Crippen molar-refractivity contribution in [3.05, 3.63) is 120 Å². The average Bonchev–Trinajstić information content (AvgIpc) is 2.85. The van der Waals surface area contributed by atoms with Crippen LogP contribution in [0.4, 0.5) is 0 Å². The summed E-state index contributed by atoms with van der Waals surface area (Å²) < 4.78 is 0. The topological polar surface area (TPSA) is 25.8 Å². The van der Waals surface area contributed by atoms with E-state index >= 15 is 0 Å². The molecule has 0 amide bonds. The van der Waals surface area contributed by atoms with Crippen molar-refractivity contribution in [1.29, 1.82) is 0 Å². The number of nitrogens with zero attached hydrogens (tertiary/aromatic N) is 2. The van der Waals surface area contributed by atoms with Gasteiger partial charge in [-0.1, -0.05) is 103 Å². The lowest BCUT2D eigenvalue weighted by Crippen LogP contribution is -1.92. The molecule has 0 aliphatic carbocycles. The van der Waals surface area contributed by atoms with Crippen LogP contribution in [-0.2, 0) is 0 Å². The smallest absolute Gasteiger partial charge is 0.130 e. The number of benzene rings is 3. The SMILES string of the molecule is Clc1cc(-c2cc(-c3ccccc3)nc(-c3ccccc3)c2)cc(-c2ccccc2)n1. The van der Waals surface area contributed by atoms with Crippen molar-refractivity contribution in [2.45, 2.75) is 0 Å². The molecule has 0 aliphatic rings. The molecule has 0 bridgehead atoms. The highest BCUT2D eigenvalue weighted by atomic mass is 35.5. The minimum absolute atomic E-state index is 0.468. The minimum Gasteiger partial charge on any atom is -0.248 e. The summed E-state index contributed by atoms with van der Waals surface area (Å²) >= 11 is 6.44. The number of halogens is 1. The first-order chi connectivity index (χ1) is 15.3. The van der Waals surface area contributed by atoms with E-state index in [4.69, 9.17) is 16.6 Å². The molecule has 0 saturated carbocycles. The van der Waals surface area contributed by atoms with E-state index in [0.29, 0.717) is 5.15 Å². The molecule has 0 unspecified atom stereocenters. The molecule has 0 aliphatic heterocycles. The van der Waals surface area contributed by atoms with Gasteiger partial charge in [-0.15, -0.1) is 0 Å². The molecule has 2 nitrogen and oxygen atoms in total. The van der Waals surface area contributed by atoms with Gasteiger partial charge in [0.2, 0.25) is 0 Å². The molecule has 3 aromatic carbocycles. The highest BCUT2D eigenvalue weighted by Gasteiger charge is 2.11. The zero-order valence-electron chi connectivity index (χ0n) is 16.7. The van der Waals surface area contributed by atoms with Gasteiger partial charge in [0.15, 0.2) is 0 Å². The molecule has 0 radical (unpaired) electrons. The van der Waals surface area contributed by atoms with Crippen molar-refractivity contribution in [3.8, 4) is 44.9 Å². The Morgan fingerprint density at radius 3 is 1.16 bits per heavy atom. The normalized spacial score (nSPS) is 10.7. The number of hydrogen-bond donors (Lipinski definition) is 0. The molecule has 31 heavy (non-hydrogen) atoms. The zero-order valence-corrected chi connectivity index (χ0v) is 17.5. The van der Waals surface area contributed by atoms with Crippen LogP contribution >= 0.6 is 11.6 Å². The third kappa shape index (κ3) is 4.25. The van der Waals surface area contributed by atoms with E-state index in [2.05, 4.69) is 47.4 Å². The summed E-state index contributed by atoms with van der Waals surface area (Å²) in [6, 6.07) is 38.8. The van der Waals surface area contributed by atoms with E-state index in [1.165, 1.54) is 0 Å². The second-order valence-electron chi connectivity index (χ2n) is 7.29. The highest BCUT2D eigenvalue weighted by Crippen LogP contribution is 2.33. The molecular weight excluding hydrogens is 400 g/mol. The van der Waals surface area contributed by atoms with Crippen LogP contribution in [0.25, 0.3) is 44.9 Å². The predicted octanol–water partition coefficient (Wildman–Crippen LogP) is 7.80. The van der Waals surface area contributed by atoms with Gasteiger partial charge in [-0.2, -0.15) is 0 Å². The fourth-order valence-electron chi connectivity index (χ4n) is 3.63. The van der Waals surface area contributed by atoms with Gasteiger partial charge in [0.25, 0.3) is 0 Å². The van der Waals surface area contributed by atoms with Crippen LogP contribution in [0, 0.1) is 0 Å². The van der Waals surface area contributed by atoms with Crippen molar-refractivity contribution >= 4 is 11.6 Å². The summed E-state index contributed by atoms with van der Waals surface area (Å²) in [5.74, 6) is 0. The maximum absolute atomic E-state index is 6.44. The Morgan fingerprint density at radius 2 is 0.742 bits per heavy atom. The Kier molecular flexibility index (Phi) is 5.30. The van der Waals surface area contributed by atoms with Gasteiger partial charge in [0, 0.05) is 16.7 Å². The van der Waals surface area contributed by atoms with Crippen LogP contribution in [0.1, 0.15) is 0 Å². The lowest BCUT2D eigenvalue weighted by molar-refractivity contribution is 1.30. The van der Waals surface area contributed by atoms with Gasteiger partial charge in [0.05, 0.1) is 17.1 Å². The Morgan fingerprint density at radius 1 is 0.387 bits per heavy atom. The van der Waals surface area contributed by atoms with Crippen molar-refractivity contribution in [2.24, 2.45) is 0 Å². The molecule has 0 spiro atoms. The Hall–Kier alpha value is -3.75. The summed E-state index contributed by atoms with van der Waals surface area (Å²) in [5.41, 5.74) is 7.94. The fraction of sp³-hybridized carbons (Fsp3) is 0. The highest BCUT2D eigenvalue weighted by molar-refractivity contribution is 6.29. The first-order valence-corrected chi connectivity index (χ1v) is 10.5. The van der Waals surface area contributed by atoms with E-state index in [1.807, 2.05) is 72.8 Å². The first-order valence-electron chi connectivity index (χ1n) is 10.1. The summed E-state index contributed by atoms with van der Waals surface area (Å²) in [5, 5.41) is 0.468. The summed E-state index contributed by atoms with van der Waals surface area (Å²) in [4.78, 5) is 9.49. The third-order valence-electron chi connectivity index (χ3n) is 5.16. The van der Waals surface area contributed by atoms with Gasteiger partial charge in [-0.05, 0) is 35.4 Å². The fourth-order valence-corrected chi connectivity index (χ4v) is 3.84. The lowest BCUT2D eigenvalue weighted by Gasteiger charge is -2.12. The van der Waals surface area contributed by atoms with Crippen LogP contribution in [-0.4, -0.2) is 9.97 Å². The van der Waals surface area contributed by atoms with E-state index < -0.39 is 0 Å². The summed E-state index contributed by atoms with van der Waals surface area (Å²) in [6.45, 7) is 0. The Balaban J connectivity index is 1.70. The van der Waals surface area contributed by atoms with Gasteiger partial charge < -0.3 is 0 Å². The molecule has 0 fully saturated rings. The van der Waals surface area contributed by atoms with E-state index in [-0.39, 0.29) is 0 Å². The average molecular weight is 419 g/mol. The van der Waals surface area contributed by atoms with Gasteiger partial charge in [-0.3, -0.25) is 0 Å². The maximum Gasteiger partial charge on any atom is 0.130 e. The third-order valence-corrected chi connectivity index (χ3v) is 5.36. The monoisotopic (exact) mass is 418 g/mol. The van der Waals surface area contributed by atoms with Crippen molar-refractivity contribution in [3.63, 3.8) is 0 Å². The van der Waals surface area contributed by atoms with E-state index in [0.717, 1.165) is 44.9 Å². The molecule has 2 aromatic heterocycles. The van der Waals surface area contributed by atoms with Gasteiger partial charge in [-0.25, -0.2) is 9.97 Å². The van der Waals surface area contributed by atoms with Crippen molar-refractivity contribution in [1.82, 2.24) is 9.97 Å². The molecule has 0 atom stereocenters. The largest absolute Gasteiger partial charge is 0.248 e. The molecule has 5 rings (SSSR count). The molecule has 3 heteroatoms. The van der Waals surface area contributed by atoms with Crippen LogP contribution < -0.4 is 0 Å². The Labute approximate surface area is 186 Å². The maximum atomic E-state index is 6.44. The molecule has 0 saturated heterocycles. The molecule has 0 N–H and O–H groups in total. The first kappa shape index (κ1) is 19.2. The predicted molar refractivity (Wildman–Crippen MR) is 129 cm³/mol. The minimum atomic E-state index is 0.468. The summed E-state index contributed by atoms with van der Waals surface area (Å²) in [7, 11) is 0. The van der Waals surface area contributed by atoms with Gasteiger partial charge >= 0.3 is 0 Å². The van der Waals surface area contributed by atoms with Gasteiger partial charge in [0.1, 0.15) is 5.15 Å². The zero-order chi connectivity index (χ0) is 21.0. The Bertz CT molecular complexity index is 1260. The second kappa shape index (κ2) is 8.55. The standard InChI is InChI=1S/C28H19ClN2/c29-28-19-24(18-27(31-28)22-14-8-3-9-15-22)23-16-25(20-10-4-1-5-11-20)30-26(17-23)21-12-6-2-7-13-21/h1-19H. The van der Waals surface area contributed by atoms with Crippen molar-refractivity contribution < 1.29 is 0 Å².